The Morgan fingerprint density at radius 1 is 1.10 bits per heavy atom. The maximum atomic E-state index is 2.20. The van der Waals surface area contributed by atoms with E-state index in [1.165, 1.54) is 16.8 Å². The first-order valence-electron chi connectivity index (χ1n) is 3.55. The summed E-state index contributed by atoms with van der Waals surface area (Å²) in [6.07, 6.45) is 2.16. The highest BCUT2D eigenvalue weighted by Gasteiger charge is 2.02. The lowest BCUT2D eigenvalue weighted by Crippen LogP contribution is -2.31. The molecule has 0 unspecified atom stereocenters. The highest BCUT2D eigenvalue weighted by Crippen LogP contribution is 2.02. The number of rotatable bonds is 0. The first-order chi connectivity index (χ1) is 4.61. The Bertz CT molecular complexity index is 201. The van der Waals surface area contributed by atoms with Crippen LogP contribution in [0.3, 0.4) is 0 Å². The van der Waals surface area contributed by atoms with Gasteiger partial charge in [0.15, 0.2) is 11.9 Å². The lowest BCUT2D eigenvalue weighted by Gasteiger charge is -1.98. The maximum Gasteiger partial charge on any atom is 0.178 e. The molecule has 0 spiro atoms. The maximum absolute atomic E-state index is 2.20. The topological polar surface area (TPSA) is 3.88 Å². The van der Waals surface area contributed by atoms with Crippen LogP contribution in [0.1, 0.15) is 16.8 Å². The first-order valence-corrected chi connectivity index (χ1v) is 3.55. The van der Waals surface area contributed by atoms with Crippen molar-refractivity contribution in [1.82, 2.24) is 0 Å². The van der Waals surface area contributed by atoms with Crippen LogP contribution in [0.5, 0.6) is 0 Å². The van der Waals surface area contributed by atoms with Crippen molar-refractivity contribution in [3.05, 3.63) is 29.1 Å². The van der Waals surface area contributed by atoms with E-state index in [2.05, 4.69) is 44.6 Å². The number of hydrogen-bond acceptors (Lipinski definition) is 0. The molecule has 0 amide bonds. The van der Waals surface area contributed by atoms with Gasteiger partial charge in [0, 0.05) is 18.6 Å². The van der Waals surface area contributed by atoms with Crippen molar-refractivity contribution >= 4 is 0 Å². The van der Waals surface area contributed by atoms with Crippen molar-refractivity contribution in [1.29, 1.82) is 0 Å². The number of nitrogens with zero attached hydrogens (tertiary/aromatic N) is 1. The van der Waals surface area contributed by atoms with Crippen molar-refractivity contribution in [2.24, 2.45) is 7.05 Å². The van der Waals surface area contributed by atoms with Gasteiger partial charge < -0.3 is 0 Å². The van der Waals surface area contributed by atoms with Crippen LogP contribution in [-0.4, -0.2) is 0 Å². The molecule has 0 saturated carbocycles. The average Bonchev–Trinajstić information content (AvgIpc) is 1.84. The lowest BCUT2D eigenvalue weighted by atomic mass is 10.1. The second-order valence-corrected chi connectivity index (χ2v) is 2.89. The summed E-state index contributed by atoms with van der Waals surface area (Å²) in [4.78, 5) is 0. The summed E-state index contributed by atoms with van der Waals surface area (Å²) < 4.78 is 2.14. The molecule has 0 atom stereocenters. The van der Waals surface area contributed by atoms with E-state index >= 15 is 0 Å². The molecule has 10 heavy (non-hydrogen) atoms. The fourth-order valence-electron chi connectivity index (χ4n) is 1.02. The third-order valence-electron chi connectivity index (χ3n) is 1.99. The summed E-state index contributed by atoms with van der Waals surface area (Å²) in [5.41, 5.74) is 4.03. The van der Waals surface area contributed by atoms with E-state index in [-0.39, 0.29) is 0 Å². The Hall–Kier alpha value is -0.850. The van der Waals surface area contributed by atoms with Gasteiger partial charge in [0.25, 0.3) is 0 Å². The molecule has 0 aromatic carbocycles. The molecular weight excluding hydrogens is 122 g/mol. The van der Waals surface area contributed by atoms with Crippen LogP contribution in [-0.2, 0) is 7.05 Å². The Labute approximate surface area is 62.3 Å². The van der Waals surface area contributed by atoms with Gasteiger partial charge in [-0.05, 0) is 19.4 Å². The lowest BCUT2D eigenvalue weighted by molar-refractivity contribution is -0.678. The molecule has 0 aliphatic carbocycles. The molecule has 0 radical (unpaired) electrons. The molecule has 1 nitrogen and oxygen atoms in total. The van der Waals surface area contributed by atoms with Crippen molar-refractivity contribution in [3.63, 3.8) is 0 Å². The minimum atomic E-state index is 1.31. The zero-order valence-corrected chi connectivity index (χ0v) is 7.10. The zero-order chi connectivity index (χ0) is 7.72. The van der Waals surface area contributed by atoms with E-state index in [1.807, 2.05) is 0 Å². The van der Waals surface area contributed by atoms with Crippen molar-refractivity contribution < 1.29 is 4.57 Å². The van der Waals surface area contributed by atoms with Crippen molar-refractivity contribution in [3.8, 4) is 0 Å². The smallest absolute Gasteiger partial charge is 0.178 e. The van der Waals surface area contributed by atoms with Crippen LogP contribution in [0.25, 0.3) is 0 Å². The predicted octanol–water partition coefficient (Wildman–Crippen LogP) is 1.44. The average molecular weight is 136 g/mol. The van der Waals surface area contributed by atoms with Gasteiger partial charge in [0.2, 0.25) is 0 Å². The van der Waals surface area contributed by atoms with E-state index in [4.69, 9.17) is 0 Å². The fourth-order valence-corrected chi connectivity index (χ4v) is 1.02. The quantitative estimate of drug-likeness (QED) is 0.475. The minimum Gasteiger partial charge on any atom is -0.205 e. The van der Waals surface area contributed by atoms with Crippen LogP contribution in [0, 0.1) is 20.8 Å². The third-order valence-corrected chi connectivity index (χ3v) is 1.99. The summed E-state index contributed by atoms with van der Waals surface area (Å²) in [6.45, 7) is 6.39. The van der Waals surface area contributed by atoms with Crippen LogP contribution >= 0.6 is 0 Å². The summed E-state index contributed by atoms with van der Waals surface area (Å²) in [5.74, 6) is 0. The molecule has 0 saturated heterocycles. The second-order valence-electron chi connectivity index (χ2n) is 2.89. The zero-order valence-electron chi connectivity index (χ0n) is 7.10. The molecule has 0 aliphatic heterocycles. The summed E-state index contributed by atoms with van der Waals surface area (Å²) in [6, 6.07) is 2.20. The Morgan fingerprint density at radius 3 is 2.20 bits per heavy atom. The van der Waals surface area contributed by atoms with Gasteiger partial charge in [-0.2, -0.15) is 0 Å². The number of aryl methyl sites for hydroxylation is 4. The molecular formula is C9H14N+. The molecule has 0 N–H and O–H groups in total. The van der Waals surface area contributed by atoms with Gasteiger partial charge in [0.1, 0.15) is 7.05 Å². The van der Waals surface area contributed by atoms with Gasteiger partial charge >= 0.3 is 0 Å². The summed E-state index contributed by atoms with van der Waals surface area (Å²) in [5, 5.41) is 0. The monoisotopic (exact) mass is 136 g/mol. The standard InChI is InChI=1S/C9H14N/c1-7-5-9(3)10(4)6-8(7)2/h5-6H,1-4H3/q+1. The molecule has 0 aliphatic rings. The normalized spacial score (nSPS) is 10.0. The van der Waals surface area contributed by atoms with Crippen LogP contribution < -0.4 is 4.57 Å². The van der Waals surface area contributed by atoms with Crippen molar-refractivity contribution in [2.75, 3.05) is 0 Å². The second kappa shape index (κ2) is 2.41. The third kappa shape index (κ3) is 1.18. The van der Waals surface area contributed by atoms with Gasteiger partial charge in [-0.15, -0.1) is 0 Å². The molecule has 1 aromatic rings. The largest absolute Gasteiger partial charge is 0.205 e. The number of aromatic nitrogens is 1. The van der Waals surface area contributed by atoms with Gasteiger partial charge in [-0.3, -0.25) is 0 Å². The molecule has 0 fully saturated rings. The van der Waals surface area contributed by atoms with Crippen LogP contribution in [0.4, 0.5) is 0 Å². The highest BCUT2D eigenvalue weighted by molar-refractivity contribution is 5.19. The molecule has 0 bridgehead atoms. The summed E-state index contributed by atoms with van der Waals surface area (Å²) in [7, 11) is 2.07. The van der Waals surface area contributed by atoms with Crippen molar-refractivity contribution in [2.45, 2.75) is 20.8 Å². The Morgan fingerprint density at radius 2 is 1.70 bits per heavy atom. The molecule has 1 heterocycles. The predicted molar refractivity (Wildman–Crippen MR) is 41.8 cm³/mol. The number of pyridine rings is 1. The highest BCUT2D eigenvalue weighted by atomic mass is 14.9. The molecule has 1 aromatic heterocycles. The molecule has 1 heteroatoms. The molecule has 1 rings (SSSR count). The van der Waals surface area contributed by atoms with E-state index < -0.39 is 0 Å². The van der Waals surface area contributed by atoms with E-state index in [9.17, 15) is 0 Å². The minimum absolute atomic E-state index is 1.31. The van der Waals surface area contributed by atoms with Gasteiger partial charge in [0.05, 0.1) is 0 Å². The summed E-state index contributed by atoms with van der Waals surface area (Å²) >= 11 is 0. The Kier molecular flexibility index (Phi) is 1.75. The fraction of sp³-hybridized carbons (Fsp3) is 0.444. The Balaban J connectivity index is 3.28. The van der Waals surface area contributed by atoms with Gasteiger partial charge in [-0.1, -0.05) is 0 Å². The SMILES string of the molecule is Cc1cc(C)[n+](C)cc1C. The van der Waals surface area contributed by atoms with E-state index in [0.29, 0.717) is 0 Å². The first kappa shape index (κ1) is 7.26. The van der Waals surface area contributed by atoms with E-state index in [0.717, 1.165) is 0 Å². The van der Waals surface area contributed by atoms with Crippen LogP contribution in [0.2, 0.25) is 0 Å². The number of hydrogen-bond donors (Lipinski definition) is 0. The van der Waals surface area contributed by atoms with E-state index in [1.54, 1.807) is 0 Å². The van der Waals surface area contributed by atoms with Crippen LogP contribution in [0.15, 0.2) is 12.3 Å². The van der Waals surface area contributed by atoms with Gasteiger partial charge in [-0.25, -0.2) is 4.57 Å². The molecule has 54 valence electrons.